The molecule has 2 heterocycles. The van der Waals surface area contributed by atoms with Crippen molar-refractivity contribution >= 4 is 11.9 Å². The number of methoxy groups -OCH3 is 1. The number of carbonyl (C=O) groups excluding carboxylic acids is 1. The first-order valence-electron chi connectivity index (χ1n) is 8.22. The Morgan fingerprint density at radius 2 is 2.12 bits per heavy atom. The number of carboxylic acid groups (broad SMARTS) is 1. The zero-order valence-electron chi connectivity index (χ0n) is 14.3. The second kappa shape index (κ2) is 6.96. The molecular formula is C18H21N3O4. The number of carboxylic acids is 1. The largest absolute Gasteiger partial charge is 0.494 e. The maximum absolute atomic E-state index is 12.7. The number of carbonyl (C=O) groups is 2. The summed E-state index contributed by atoms with van der Waals surface area (Å²) in [4.78, 5) is 25.4. The SMILES string of the molecule is COc1ccc(C)cc1-n1ccc(C(=O)N2CCC[C@H](C(=O)O)C2)n1. The summed E-state index contributed by atoms with van der Waals surface area (Å²) in [5.74, 6) is -0.933. The minimum Gasteiger partial charge on any atom is -0.494 e. The number of hydrogen-bond donors (Lipinski definition) is 1. The maximum atomic E-state index is 12.7. The van der Waals surface area contributed by atoms with Crippen LogP contribution in [0.4, 0.5) is 0 Å². The van der Waals surface area contributed by atoms with Gasteiger partial charge in [0.05, 0.1) is 13.0 Å². The van der Waals surface area contributed by atoms with Gasteiger partial charge >= 0.3 is 5.97 Å². The number of hydrogen-bond acceptors (Lipinski definition) is 4. The van der Waals surface area contributed by atoms with E-state index in [9.17, 15) is 14.7 Å². The Bertz CT molecular complexity index is 799. The molecule has 0 spiro atoms. The van der Waals surface area contributed by atoms with Crippen LogP contribution < -0.4 is 4.74 Å². The van der Waals surface area contributed by atoms with Gasteiger partial charge in [0.15, 0.2) is 5.69 Å². The van der Waals surface area contributed by atoms with Gasteiger partial charge in [-0.25, -0.2) is 4.68 Å². The van der Waals surface area contributed by atoms with E-state index in [0.29, 0.717) is 30.8 Å². The van der Waals surface area contributed by atoms with Gasteiger partial charge in [-0.2, -0.15) is 5.10 Å². The Morgan fingerprint density at radius 3 is 2.84 bits per heavy atom. The molecule has 132 valence electrons. The lowest BCUT2D eigenvalue weighted by molar-refractivity contribution is -0.143. The lowest BCUT2D eigenvalue weighted by Gasteiger charge is -2.30. The van der Waals surface area contributed by atoms with Crippen LogP contribution in [0, 0.1) is 12.8 Å². The van der Waals surface area contributed by atoms with Crippen molar-refractivity contribution in [2.75, 3.05) is 20.2 Å². The fraction of sp³-hybridized carbons (Fsp3) is 0.389. The Morgan fingerprint density at radius 1 is 1.32 bits per heavy atom. The van der Waals surface area contributed by atoms with Crippen molar-refractivity contribution in [2.24, 2.45) is 5.92 Å². The van der Waals surface area contributed by atoms with Crippen LogP contribution in [-0.2, 0) is 4.79 Å². The van der Waals surface area contributed by atoms with Gasteiger partial charge in [0.2, 0.25) is 0 Å². The number of likely N-dealkylation sites (tertiary alicyclic amines) is 1. The summed E-state index contributed by atoms with van der Waals surface area (Å²) in [6.07, 6.45) is 3.01. The predicted octanol–water partition coefficient (Wildman–Crippen LogP) is 2.13. The maximum Gasteiger partial charge on any atom is 0.308 e. The first kappa shape index (κ1) is 17.0. The molecule has 0 bridgehead atoms. The molecule has 0 unspecified atom stereocenters. The average Bonchev–Trinajstić information content (AvgIpc) is 3.11. The van der Waals surface area contributed by atoms with E-state index in [4.69, 9.17) is 4.74 Å². The van der Waals surface area contributed by atoms with Gasteiger partial charge in [-0.05, 0) is 43.5 Å². The second-order valence-corrected chi connectivity index (χ2v) is 6.25. The highest BCUT2D eigenvalue weighted by Gasteiger charge is 2.29. The van der Waals surface area contributed by atoms with E-state index in [2.05, 4.69) is 5.10 Å². The molecule has 7 heteroatoms. The molecule has 2 aromatic rings. The van der Waals surface area contributed by atoms with Gasteiger partial charge in [0.25, 0.3) is 5.91 Å². The third kappa shape index (κ3) is 3.50. The molecule has 1 aromatic heterocycles. The van der Waals surface area contributed by atoms with E-state index in [0.717, 1.165) is 11.3 Å². The average molecular weight is 343 g/mol. The highest BCUT2D eigenvalue weighted by Crippen LogP contribution is 2.24. The number of ether oxygens (including phenoxy) is 1. The van der Waals surface area contributed by atoms with Crippen molar-refractivity contribution in [2.45, 2.75) is 19.8 Å². The van der Waals surface area contributed by atoms with E-state index in [1.807, 2.05) is 25.1 Å². The third-order valence-electron chi connectivity index (χ3n) is 4.45. The molecule has 1 fully saturated rings. The smallest absolute Gasteiger partial charge is 0.308 e. The molecule has 7 nitrogen and oxygen atoms in total. The zero-order chi connectivity index (χ0) is 18.0. The molecule has 0 aliphatic carbocycles. The lowest BCUT2D eigenvalue weighted by Crippen LogP contribution is -2.42. The second-order valence-electron chi connectivity index (χ2n) is 6.25. The van der Waals surface area contributed by atoms with Gasteiger partial charge < -0.3 is 14.7 Å². The minimum absolute atomic E-state index is 0.231. The summed E-state index contributed by atoms with van der Waals surface area (Å²) in [5.41, 5.74) is 2.11. The predicted molar refractivity (Wildman–Crippen MR) is 91.1 cm³/mol. The summed E-state index contributed by atoms with van der Waals surface area (Å²) >= 11 is 0. The molecule has 1 saturated heterocycles. The van der Waals surface area contributed by atoms with Gasteiger partial charge in [0, 0.05) is 19.3 Å². The summed E-state index contributed by atoms with van der Waals surface area (Å²) in [6, 6.07) is 7.38. The Labute approximate surface area is 145 Å². The molecular weight excluding hydrogens is 322 g/mol. The molecule has 1 atom stereocenters. The standard InChI is InChI=1S/C18H21N3O4/c1-12-5-6-16(25-2)15(10-12)21-9-7-14(19-21)17(22)20-8-3-4-13(11-20)18(23)24/h5-7,9-10,13H,3-4,8,11H2,1-2H3,(H,23,24)/t13-/m0/s1. The number of rotatable bonds is 4. The van der Waals surface area contributed by atoms with Crippen LogP contribution in [0.5, 0.6) is 5.75 Å². The van der Waals surface area contributed by atoms with Crippen molar-refractivity contribution in [1.82, 2.24) is 14.7 Å². The molecule has 0 radical (unpaired) electrons. The highest BCUT2D eigenvalue weighted by atomic mass is 16.5. The van der Waals surface area contributed by atoms with E-state index in [1.165, 1.54) is 0 Å². The Kier molecular flexibility index (Phi) is 4.74. The Hall–Kier alpha value is -2.83. The molecule has 1 aliphatic heterocycles. The molecule has 1 amide bonds. The van der Waals surface area contributed by atoms with E-state index in [-0.39, 0.29) is 12.5 Å². The summed E-state index contributed by atoms with van der Waals surface area (Å²) in [7, 11) is 1.59. The monoisotopic (exact) mass is 343 g/mol. The van der Waals surface area contributed by atoms with Gasteiger partial charge in [-0.1, -0.05) is 6.07 Å². The van der Waals surface area contributed by atoms with Crippen LogP contribution in [0.25, 0.3) is 5.69 Å². The van der Waals surface area contributed by atoms with E-state index in [1.54, 1.807) is 29.0 Å². The molecule has 1 N–H and O–H groups in total. The summed E-state index contributed by atoms with van der Waals surface area (Å²) < 4.78 is 6.97. The van der Waals surface area contributed by atoms with Gasteiger partial charge in [0.1, 0.15) is 11.4 Å². The first-order chi connectivity index (χ1) is 12.0. The van der Waals surface area contributed by atoms with Crippen LogP contribution in [0.3, 0.4) is 0 Å². The van der Waals surface area contributed by atoms with Crippen LogP contribution >= 0.6 is 0 Å². The Balaban J connectivity index is 1.83. The van der Waals surface area contributed by atoms with Crippen molar-refractivity contribution in [1.29, 1.82) is 0 Å². The molecule has 0 saturated carbocycles. The van der Waals surface area contributed by atoms with Crippen molar-refractivity contribution in [3.05, 3.63) is 41.7 Å². The van der Waals surface area contributed by atoms with Crippen LogP contribution in [0.1, 0.15) is 28.9 Å². The van der Waals surface area contributed by atoms with Crippen molar-refractivity contribution in [3.63, 3.8) is 0 Å². The van der Waals surface area contributed by atoms with Crippen LogP contribution in [0.15, 0.2) is 30.5 Å². The molecule has 3 rings (SSSR count). The summed E-state index contributed by atoms with van der Waals surface area (Å²) in [5, 5.41) is 13.5. The number of amides is 1. The first-order valence-corrected chi connectivity index (χ1v) is 8.22. The number of nitrogens with zero attached hydrogens (tertiary/aromatic N) is 3. The topological polar surface area (TPSA) is 84.7 Å². The molecule has 1 aromatic carbocycles. The quantitative estimate of drug-likeness (QED) is 0.919. The number of piperidine rings is 1. The highest BCUT2D eigenvalue weighted by molar-refractivity contribution is 5.92. The number of aromatic nitrogens is 2. The fourth-order valence-electron chi connectivity index (χ4n) is 3.08. The number of aryl methyl sites for hydroxylation is 1. The zero-order valence-corrected chi connectivity index (χ0v) is 14.3. The van der Waals surface area contributed by atoms with Crippen molar-refractivity contribution in [3.8, 4) is 11.4 Å². The number of aliphatic carboxylic acids is 1. The fourth-order valence-corrected chi connectivity index (χ4v) is 3.08. The van der Waals surface area contributed by atoms with Crippen LogP contribution in [-0.4, -0.2) is 51.9 Å². The minimum atomic E-state index is -0.854. The van der Waals surface area contributed by atoms with E-state index >= 15 is 0 Å². The third-order valence-corrected chi connectivity index (χ3v) is 4.45. The van der Waals surface area contributed by atoms with Crippen molar-refractivity contribution < 1.29 is 19.4 Å². The van der Waals surface area contributed by atoms with E-state index < -0.39 is 11.9 Å². The normalized spacial score (nSPS) is 17.4. The molecule has 25 heavy (non-hydrogen) atoms. The lowest BCUT2D eigenvalue weighted by atomic mass is 9.98. The van der Waals surface area contributed by atoms with Gasteiger partial charge in [-0.15, -0.1) is 0 Å². The number of benzene rings is 1. The van der Waals surface area contributed by atoms with Gasteiger partial charge in [-0.3, -0.25) is 9.59 Å². The van der Waals surface area contributed by atoms with Crippen LogP contribution in [0.2, 0.25) is 0 Å². The molecule has 1 aliphatic rings. The summed E-state index contributed by atoms with van der Waals surface area (Å²) in [6.45, 7) is 2.76.